The third-order valence-electron chi connectivity index (χ3n) is 6.33. The Bertz CT molecular complexity index is 684. The smallest absolute Gasteiger partial charge is 0.225 e. The van der Waals surface area contributed by atoms with Gasteiger partial charge in [0.15, 0.2) is 5.96 Å². The van der Waals surface area contributed by atoms with E-state index in [0.717, 1.165) is 44.9 Å². The van der Waals surface area contributed by atoms with Crippen LogP contribution < -0.4 is 16.0 Å². The summed E-state index contributed by atoms with van der Waals surface area (Å²) in [6.07, 6.45) is 2.99. The molecule has 3 N–H and O–H groups in total. The minimum Gasteiger partial charge on any atom is -0.355 e. The van der Waals surface area contributed by atoms with Crippen molar-refractivity contribution >= 4 is 11.9 Å². The lowest BCUT2D eigenvalue weighted by Gasteiger charge is -2.37. The molecule has 2 unspecified atom stereocenters. The highest BCUT2D eigenvalue weighted by molar-refractivity contribution is 5.81. The van der Waals surface area contributed by atoms with E-state index in [2.05, 4.69) is 72.0 Å². The van der Waals surface area contributed by atoms with Gasteiger partial charge < -0.3 is 20.9 Å². The summed E-state index contributed by atoms with van der Waals surface area (Å²) in [5, 5.41) is 10.9. The fourth-order valence-corrected chi connectivity index (χ4v) is 4.12. The quantitative estimate of drug-likeness (QED) is 0.427. The van der Waals surface area contributed by atoms with Gasteiger partial charge in [0.25, 0.3) is 0 Å². The van der Waals surface area contributed by atoms with Crippen LogP contribution in [0, 0.1) is 5.92 Å². The first-order chi connectivity index (χ1) is 14.3. The van der Waals surface area contributed by atoms with Gasteiger partial charge in [-0.25, -0.2) is 0 Å². The Morgan fingerprint density at radius 1 is 1.20 bits per heavy atom. The molecule has 1 saturated heterocycles. The summed E-state index contributed by atoms with van der Waals surface area (Å²) in [7, 11) is 1.81. The van der Waals surface area contributed by atoms with Crippen molar-refractivity contribution in [1.29, 1.82) is 0 Å². The normalized spacial score (nSPS) is 18.6. The largest absolute Gasteiger partial charge is 0.355 e. The number of benzene rings is 1. The van der Waals surface area contributed by atoms with Crippen molar-refractivity contribution in [2.24, 2.45) is 10.9 Å². The Morgan fingerprint density at radius 3 is 2.43 bits per heavy atom. The van der Waals surface area contributed by atoms with Crippen molar-refractivity contribution in [3.63, 3.8) is 0 Å². The van der Waals surface area contributed by atoms with Gasteiger partial charge in [0, 0.05) is 50.2 Å². The van der Waals surface area contributed by atoms with E-state index >= 15 is 0 Å². The number of carbonyl (C=O) groups is 1. The number of hydrogen-bond donors (Lipinski definition) is 3. The Balaban J connectivity index is 1.93. The lowest BCUT2D eigenvalue weighted by atomic mass is 9.90. The Hall–Kier alpha value is -2.08. The van der Waals surface area contributed by atoms with Crippen molar-refractivity contribution in [3.8, 4) is 0 Å². The summed E-state index contributed by atoms with van der Waals surface area (Å²) < 4.78 is 0. The summed E-state index contributed by atoms with van der Waals surface area (Å²) in [6, 6.07) is 11.1. The van der Waals surface area contributed by atoms with Crippen LogP contribution in [0.4, 0.5) is 0 Å². The molecular formula is C24H41N5O. The lowest BCUT2D eigenvalue weighted by Crippen LogP contribution is -2.56. The molecule has 1 heterocycles. The van der Waals surface area contributed by atoms with Crippen molar-refractivity contribution < 1.29 is 4.79 Å². The third-order valence-corrected chi connectivity index (χ3v) is 6.33. The molecule has 6 heteroatoms. The van der Waals surface area contributed by atoms with Gasteiger partial charge in [-0.15, -0.1) is 0 Å². The molecule has 1 aromatic carbocycles. The van der Waals surface area contributed by atoms with E-state index in [1.54, 1.807) is 7.05 Å². The molecule has 0 radical (unpaired) electrons. The number of hydrogen-bond acceptors (Lipinski definition) is 3. The highest BCUT2D eigenvalue weighted by Crippen LogP contribution is 2.21. The van der Waals surface area contributed by atoms with Crippen molar-refractivity contribution in [1.82, 2.24) is 20.9 Å². The van der Waals surface area contributed by atoms with Gasteiger partial charge in [0.2, 0.25) is 5.91 Å². The molecule has 0 aliphatic carbocycles. The van der Waals surface area contributed by atoms with Crippen molar-refractivity contribution in [3.05, 3.63) is 35.9 Å². The zero-order valence-corrected chi connectivity index (χ0v) is 19.7. The van der Waals surface area contributed by atoms with Gasteiger partial charge >= 0.3 is 0 Å². The first-order valence-electron chi connectivity index (χ1n) is 11.4. The standard InChI is InChI=1S/C24H41N5O/c1-7-24(8-2,28-19(5)20-12-10-9-11-13-20)17-26-23(25-6)27-21-14-15-29(16-21)22(30)18(3)4/h9-13,18-19,21,28H,7-8,14-17H2,1-6H3,(H2,25,26,27). The predicted octanol–water partition coefficient (Wildman–Crippen LogP) is 3.32. The van der Waals surface area contributed by atoms with E-state index in [9.17, 15) is 4.79 Å². The van der Waals surface area contributed by atoms with E-state index in [4.69, 9.17) is 0 Å². The minimum absolute atomic E-state index is 0.0256. The van der Waals surface area contributed by atoms with Crippen molar-refractivity contribution in [2.45, 2.75) is 71.5 Å². The second-order valence-electron chi connectivity index (χ2n) is 8.76. The van der Waals surface area contributed by atoms with E-state index in [1.807, 2.05) is 18.7 Å². The molecule has 1 fully saturated rings. The number of aliphatic imine (C=N–C) groups is 1. The van der Waals surface area contributed by atoms with Gasteiger partial charge in [-0.3, -0.25) is 9.79 Å². The van der Waals surface area contributed by atoms with Gasteiger partial charge in [0.1, 0.15) is 0 Å². The van der Waals surface area contributed by atoms with Crippen LogP contribution in [0.15, 0.2) is 35.3 Å². The van der Waals surface area contributed by atoms with Crippen LogP contribution in [0.1, 0.15) is 65.5 Å². The van der Waals surface area contributed by atoms with Gasteiger partial charge in [-0.2, -0.15) is 0 Å². The number of rotatable bonds is 9. The highest BCUT2D eigenvalue weighted by Gasteiger charge is 2.30. The maximum absolute atomic E-state index is 12.2. The first kappa shape index (κ1) is 24.2. The molecule has 6 nitrogen and oxygen atoms in total. The summed E-state index contributed by atoms with van der Waals surface area (Å²) in [5.41, 5.74) is 1.27. The van der Waals surface area contributed by atoms with Gasteiger partial charge in [-0.1, -0.05) is 58.0 Å². The SMILES string of the molecule is CCC(CC)(CNC(=NC)NC1CCN(C(=O)C(C)C)C1)NC(C)c1ccccc1. The van der Waals surface area contributed by atoms with Crippen LogP contribution in [0.2, 0.25) is 0 Å². The average molecular weight is 416 g/mol. The Labute approximate surface area is 182 Å². The Morgan fingerprint density at radius 2 is 1.87 bits per heavy atom. The number of carbonyl (C=O) groups excluding carboxylic acids is 1. The van der Waals surface area contributed by atoms with Crippen LogP contribution in [0.5, 0.6) is 0 Å². The molecule has 1 aliphatic rings. The molecule has 0 spiro atoms. The van der Waals surface area contributed by atoms with Crippen LogP contribution in [-0.4, -0.2) is 55.0 Å². The second-order valence-corrected chi connectivity index (χ2v) is 8.76. The maximum Gasteiger partial charge on any atom is 0.225 e. The zero-order chi connectivity index (χ0) is 22.1. The van der Waals surface area contributed by atoms with Crippen LogP contribution >= 0.6 is 0 Å². The number of amides is 1. The molecule has 0 saturated carbocycles. The predicted molar refractivity (Wildman–Crippen MR) is 126 cm³/mol. The summed E-state index contributed by atoms with van der Waals surface area (Å²) in [6.45, 7) is 13.0. The van der Waals surface area contributed by atoms with E-state index < -0.39 is 0 Å². The molecule has 1 amide bonds. The first-order valence-corrected chi connectivity index (χ1v) is 11.4. The van der Waals surface area contributed by atoms with Gasteiger partial charge in [0.05, 0.1) is 0 Å². The van der Waals surface area contributed by atoms with E-state index in [-0.39, 0.29) is 29.4 Å². The van der Waals surface area contributed by atoms with Crippen LogP contribution in [0.3, 0.4) is 0 Å². The number of likely N-dealkylation sites (tertiary alicyclic amines) is 1. The Kier molecular flexibility index (Phi) is 9.15. The van der Waals surface area contributed by atoms with Crippen molar-refractivity contribution in [2.75, 3.05) is 26.7 Å². The van der Waals surface area contributed by atoms with Crippen LogP contribution in [-0.2, 0) is 4.79 Å². The number of guanidine groups is 1. The maximum atomic E-state index is 12.2. The number of nitrogens with zero attached hydrogens (tertiary/aromatic N) is 2. The van der Waals surface area contributed by atoms with Gasteiger partial charge in [-0.05, 0) is 31.7 Å². The molecule has 2 rings (SSSR count). The topological polar surface area (TPSA) is 68.8 Å². The monoisotopic (exact) mass is 415 g/mol. The molecule has 168 valence electrons. The number of nitrogens with one attached hydrogen (secondary N) is 3. The third kappa shape index (κ3) is 6.46. The fourth-order valence-electron chi connectivity index (χ4n) is 4.12. The lowest BCUT2D eigenvalue weighted by molar-refractivity contribution is -0.133. The fraction of sp³-hybridized carbons (Fsp3) is 0.667. The highest BCUT2D eigenvalue weighted by atomic mass is 16.2. The van der Waals surface area contributed by atoms with E-state index in [0.29, 0.717) is 0 Å². The minimum atomic E-state index is -0.0256. The average Bonchev–Trinajstić information content (AvgIpc) is 3.23. The molecular weight excluding hydrogens is 374 g/mol. The molecule has 1 aliphatic heterocycles. The molecule has 0 bridgehead atoms. The molecule has 30 heavy (non-hydrogen) atoms. The van der Waals surface area contributed by atoms with E-state index in [1.165, 1.54) is 5.56 Å². The zero-order valence-electron chi connectivity index (χ0n) is 19.7. The van der Waals surface area contributed by atoms with Crippen LogP contribution in [0.25, 0.3) is 0 Å². The second kappa shape index (κ2) is 11.3. The summed E-state index contributed by atoms with van der Waals surface area (Å²) in [5.74, 6) is 1.09. The molecule has 2 atom stereocenters. The molecule has 1 aromatic rings. The summed E-state index contributed by atoms with van der Waals surface area (Å²) in [4.78, 5) is 18.6. The molecule has 0 aromatic heterocycles. The summed E-state index contributed by atoms with van der Waals surface area (Å²) >= 11 is 0.